The number of halogens is 2. The Morgan fingerprint density at radius 2 is 2.27 bits per heavy atom. The van der Waals surface area contributed by atoms with E-state index < -0.39 is 0 Å². The topological polar surface area (TPSA) is 63.4 Å². The fourth-order valence-electron chi connectivity index (χ4n) is 0.626. The largest absolute Gasteiger partial charge is 0.412 e. The van der Waals surface area contributed by atoms with E-state index in [1.807, 2.05) is 0 Å². The molecular weight excluding hydrogens is 189 g/mol. The first kappa shape index (κ1) is 10.7. The number of rotatable bonds is 3. The Morgan fingerprint density at radius 1 is 1.55 bits per heavy atom. The van der Waals surface area contributed by atoms with Crippen molar-refractivity contribution in [2.75, 3.05) is 6.54 Å². The monoisotopic (exact) mass is 197 g/mol. The van der Waals surface area contributed by atoms with Crippen LogP contribution in [-0.4, -0.2) is 25.9 Å². The molecule has 0 radical (unpaired) electrons. The van der Waals surface area contributed by atoms with E-state index in [1.165, 1.54) is 0 Å². The molecule has 4 nitrogen and oxygen atoms in total. The molecule has 0 atom stereocenters. The SMILES string of the molecule is ClN(Cl)CCc1cnc[nH]1.O. The summed E-state index contributed by atoms with van der Waals surface area (Å²) in [6, 6.07) is 0. The maximum Gasteiger partial charge on any atom is 0.0921 e. The van der Waals surface area contributed by atoms with Gasteiger partial charge in [-0.1, -0.05) is 0 Å². The van der Waals surface area contributed by atoms with Gasteiger partial charge in [0.2, 0.25) is 0 Å². The summed E-state index contributed by atoms with van der Waals surface area (Å²) in [5, 5.41) is 0. The van der Waals surface area contributed by atoms with E-state index in [-0.39, 0.29) is 5.48 Å². The van der Waals surface area contributed by atoms with Crippen LogP contribution in [0.3, 0.4) is 0 Å². The summed E-state index contributed by atoms with van der Waals surface area (Å²) in [5.41, 5.74) is 1.03. The van der Waals surface area contributed by atoms with Crippen molar-refractivity contribution in [1.29, 1.82) is 0 Å². The van der Waals surface area contributed by atoms with Gasteiger partial charge < -0.3 is 10.5 Å². The van der Waals surface area contributed by atoms with Gasteiger partial charge in [-0.05, 0) is 23.6 Å². The summed E-state index contributed by atoms with van der Waals surface area (Å²) in [5.74, 6) is 0. The first-order valence-corrected chi connectivity index (χ1v) is 3.53. The zero-order valence-electron chi connectivity index (χ0n) is 5.72. The van der Waals surface area contributed by atoms with E-state index in [9.17, 15) is 0 Å². The predicted molar refractivity (Wildman–Crippen MR) is 44.3 cm³/mol. The number of hydrogen-bond acceptors (Lipinski definition) is 2. The van der Waals surface area contributed by atoms with Crippen LogP contribution in [0.5, 0.6) is 0 Å². The molecule has 0 fully saturated rings. The minimum absolute atomic E-state index is 0. The Bertz CT molecular complexity index is 178. The number of nitrogens with one attached hydrogen (secondary N) is 1. The fraction of sp³-hybridized carbons (Fsp3) is 0.400. The second-order valence-electron chi connectivity index (χ2n) is 1.85. The quantitative estimate of drug-likeness (QED) is 0.728. The van der Waals surface area contributed by atoms with Crippen molar-refractivity contribution in [2.24, 2.45) is 0 Å². The molecular formula is C5H9Cl2N3O. The summed E-state index contributed by atoms with van der Waals surface area (Å²) in [7, 11) is 0. The Balaban J connectivity index is 0.000001000. The average molecular weight is 198 g/mol. The van der Waals surface area contributed by atoms with Gasteiger partial charge >= 0.3 is 0 Å². The van der Waals surface area contributed by atoms with Crippen molar-refractivity contribution >= 4 is 23.6 Å². The van der Waals surface area contributed by atoms with Crippen molar-refractivity contribution in [1.82, 2.24) is 13.9 Å². The first-order chi connectivity index (χ1) is 4.79. The van der Waals surface area contributed by atoms with Crippen LogP contribution in [0.15, 0.2) is 12.5 Å². The normalized spacial score (nSPS) is 9.73. The number of aromatic nitrogens is 2. The molecule has 1 rings (SSSR count). The van der Waals surface area contributed by atoms with Gasteiger partial charge in [-0.3, -0.25) is 0 Å². The maximum absolute atomic E-state index is 5.36. The molecule has 0 aliphatic carbocycles. The molecule has 1 aromatic heterocycles. The third-order valence-electron chi connectivity index (χ3n) is 1.11. The minimum atomic E-state index is 0. The standard InChI is InChI=1S/C5H7Cl2N3.H2O/c6-10(7)2-1-5-3-8-4-9-5;/h3-4H,1-2H2,(H,8,9);1H2. The average Bonchev–Trinajstić information content (AvgIpc) is 2.34. The van der Waals surface area contributed by atoms with Crippen LogP contribution in [0.25, 0.3) is 0 Å². The molecule has 6 heteroatoms. The summed E-state index contributed by atoms with van der Waals surface area (Å²) in [6.45, 7) is 0.602. The van der Waals surface area contributed by atoms with E-state index in [4.69, 9.17) is 23.6 Å². The Morgan fingerprint density at radius 3 is 2.73 bits per heavy atom. The number of H-pyrrole nitrogens is 1. The van der Waals surface area contributed by atoms with Crippen LogP contribution in [0.2, 0.25) is 0 Å². The van der Waals surface area contributed by atoms with E-state index in [2.05, 4.69) is 9.97 Å². The van der Waals surface area contributed by atoms with Crippen LogP contribution >= 0.6 is 23.6 Å². The first-order valence-electron chi connectivity index (χ1n) is 2.85. The van der Waals surface area contributed by atoms with Gasteiger partial charge in [0.25, 0.3) is 0 Å². The molecule has 1 heterocycles. The van der Waals surface area contributed by atoms with E-state index in [0.717, 1.165) is 16.1 Å². The highest BCUT2D eigenvalue weighted by molar-refractivity contribution is 6.33. The summed E-state index contributed by atoms with van der Waals surface area (Å²) in [6.07, 6.45) is 4.16. The lowest BCUT2D eigenvalue weighted by Crippen LogP contribution is -2.03. The van der Waals surface area contributed by atoms with Crippen molar-refractivity contribution in [3.8, 4) is 0 Å². The van der Waals surface area contributed by atoms with Gasteiger partial charge in [0.15, 0.2) is 0 Å². The Hall–Kier alpha value is -0.290. The Kier molecular flexibility index (Phi) is 5.23. The van der Waals surface area contributed by atoms with Gasteiger partial charge in [-0.15, -0.1) is 3.94 Å². The molecule has 1 aromatic rings. The van der Waals surface area contributed by atoms with Crippen LogP contribution in [-0.2, 0) is 6.42 Å². The molecule has 64 valence electrons. The van der Waals surface area contributed by atoms with E-state index in [0.29, 0.717) is 6.54 Å². The lowest BCUT2D eigenvalue weighted by atomic mass is 10.3. The van der Waals surface area contributed by atoms with Gasteiger partial charge in [0.1, 0.15) is 0 Å². The predicted octanol–water partition coefficient (Wildman–Crippen LogP) is 0.737. The third-order valence-corrected chi connectivity index (χ3v) is 1.44. The zero-order chi connectivity index (χ0) is 7.40. The molecule has 0 saturated heterocycles. The summed E-state index contributed by atoms with van der Waals surface area (Å²) >= 11 is 10.7. The molecule has 11 heavy (non-hydrogen) atoms. The molecule has 0 amide bonds. The molecule has 0 aliphatic heterocycles. The number of hydrogen-bond donors (Lipinski definition) is 1. The van der Waals surface area contributed by atoms with Gasteiger partial charge in [-0.2, -0.15) is 0 Å². The Labute approximate surface area is 74.7 Å². The van der Waals surface area contributed by atoms with Crippen LogP contribution in [0.1, 0.15) is 5.69 Å². The van der Waals surface area contributed by atoms with E-state index in [1.54, 1.807) is 12.5 Å². The number of aromatic amines is 1. The highest BCUT2D eigenvalue weighted by Gasteiger charge is 1.96. The lowest BCUT2D eigenvalue weighted by Gasteiger charge is -1.99. The highest BCUT2D eigenvalue weighted by atomic mass is 35.5. The van der Waals surface area contributed by atoms with Crippen LogP contribution in [0, 0.1) is 0 Å². The number of imidazole rings is 1. The van der Waals surface area contributed by atoms with E-state index >= 15 is 0 Å². The van der Waals surface area contributed by atoms with Gasteiger partial charge in [0.05, 0.1) is 6.33 Å². The van der Waals surface area contributed by atoms with Crippen LogP contribution < -0.4 is 0 Å². The third kappa shape index (κ3) is 4.21. The molecule has 0 unspecified atom stereocenters. The molecule has 0 spiro atoms. The van der Waals surface area contributed by atoms with Crippen molar-refractivity contribution in [3.63, 3.8) is 0 Å². The fourth-order valence-corrected chi connectivity index (χ4v) is 0.795. The second-order valence-corrected chi connectivity index (χ2v) is 2.84. The summed E-state index contributed by atoms with van der Waals surface area (Å²) in [4.78, 5) is 6.78. The minimum Gasteiger partial charge on any atom is -0.412 e. The molecule has 0 aromatic carbocycles. The van der Waals surface area contributed by atoms with Gasteiger partial charge in [-0.25, -0.2) is 4.98 Å². The summed E-state index contributed by atoms with van der Waals surface area (Å²) < 4.78 is 1.10. The highest BCUT2D eigenvalue weighted by Crippen LogP contribution is 2.01. The molecule has 0 aliphatic rings. The van der Waals surface area contributed by atoms with Crippen molar-refractivity contribution in [2.45, 2.75) is 6.42 Å². The zero-order valence-corrected chi connectivity index (χ0v) is 7.23. The van der Waals surface area contributed by atoms with Crippen LogP contribution in [0.4, 0.5) is 0 Å². The second kappa shape index (κ2) is 5.37. The molecule has 0 bridgehead atoms. The maximum atomic E-state index is 5.36. The lowest BCUT2D eigenvalue weighted by molar-refractivity contribution is 0.686. The van der Waals surface area contributed by atoms with Crippen molar-refractivity contribution < 1.29 is 5.48 Å². The molecule has 0 saturated carbocycles. The van der Waals surface area contributed by atoms with Gasteiger partial charge in [0, 0.05) is 24.9 Å². The number of nitrogens with zero attached hydrogens (tertiary/aromatic N) is 2. The van der Waals surface area contributed by atoms with Crippen molar-refractivity contribution in [3.05, 3.63) is 18.2 Å². The smallest absolute Gasteiger partial charge is 0.0921 e. The molecule has 3 N–H and O–H groups in total.